The topological polar surface area (TPSA) is 87.2 Å². The SMILES string of the molecule is c1ccc(-c2nc(-c3ccc(-c4cccc(-c5nc(-c6ccccc6)nc(-c6ccc7sc8ccc9c%10cccc(-n%11c%12ccccc%12c%12ccccc%12%11)c%10sc9c8c7c6)n5)c4)cc3)nc(-c3ccc4sc5c(ccc6c7cccc(-n8c9ccccc9c9ccccc98)c7sc65)c4c3)n2)cc1. The number of hydrogen-bond donors (Lipinski definition) is 0. The number of nitrogens with zero attached hydrogens (tertiary/aromatic N) is 8. The molecule has 0 aliphatic carbocycles. The van der Waals surface area contributed by atoms with Gasteiger partial charge in [-0.2, -0.15) is 0 Å². The molecule has 8 aromatic heterocycles. The van der Waals surface area contributed by atoms with Gasteiger partial charge in [-0.1, -0.05) is 218 Å². The number of thiophene rings is 4. The predicted octanol–water partition coefficient (Wildman–Crippen LogP) is 25.4. The first-order valence-corrected chi connectivity index (χ1v) is 37.2. The van der Waals surface area contributed by atoms with E-state index >= 15 is 0 Å². The van der Waals surface area contributed by atoms with Crippen molar-refractivity contribution in [1.82, 2.24) is 39.0 Å². The van der Waals surface area contributed by atoms with Crippen LogP contribution in [0.25, 0.3) is 215 Å². The summed E-state index contributed by atoms with van der Waals surface area (Å²) in [5, 5.41) is 15.0. The maximum atomic E-state index is 5.35. The van der Waals surface area contributed by atoms with Crippen LogP contribution in [0.3, 0.4) is 0 Å². The van der Waals surface area contributed by atoms with Crippen LogP contribution < -0.4 is 0 Å². The largest absolute Gasteiger partial charge is 0.308 e. The lowest BCUT2D eigenvalue weighted by molar-refractivity contribution is 1.07. The summed E-state index contributed by atoms with van der Waals surface area (Å²) in [4.78, 5) is 31.5. The summed E-state index contributed by atoms with van der Waals surface area (Å²) in [5.41, 5.74) is 14.7. The minimum absolute atomic E-state index is 0.593. The first kappa shape index (κ1) is 57.5. The third kappa shape index (κ3) is 8.90. The van der Waals surface area contributed by atoms with Crippen LogP contribution in [-0.4, -0.2) is 39.0 Å². The van der Waals surface area contributed by atoms with Gasteiger partial charge in [0.15, 0.2) is 34.9 Å². The Balaban J connectivity index is 0.612. The van der Waals surface area contributed by atoms with Gasteiger partial charge in [0.05, 0.1) is 52.2 Å². The third-order valence-corrected chi connectivity index (χ3v) is 25.2. The number of hydrogen-bond acceptors (Lipinski definition) is 10. The van der Waals surface area contributed by atoms with E-state index < -0.39 is 0 Å². The van der Waals surface area contributed by atoms with E-state index in [2.05, 4.69) is 276 Å². The zero-order valence-corrected chi connectivity index (χ0v) is 57.3. The van der Waals surface area contributed by atoms with Gasteiger partial charge in [-0.25, -0.2) is 29.9 Å². The molecule has 0 amide bonds. The second-order valence-electron chi connectivity index (χ2n) is 26.0. The molecule has 8 heterocycles. The number of fused-ring (bicyclic) bond motifs is 20. The Morgan fingerprint density at radius 3 is 1.05 bits per heavy atom. The third-order valence-electron chi connectivity index (χ3n) is 20.2. The molecule has 0 fully saturated rings. The van der Waals surface area contributed by atoms with Crippen molar-refractivity contribution in [2.24, 2.45) is 0 Å². The molecule has 22 aromatic rings. The van der Waals surface area contributed by atoms with Crippen LogP contribution in [0.1, 0.15) is 0 Å². The van der Waals surface area contributed by atoms with Gasteiger partial charge in [0, 0.05) is 117 Å². The highest BCUT2D eigenvalue weighted by atomic mass is 32.1. The fraction of sp³-hybridized carbons (Fsp3) is 0. The first-order chi connectivity index (χ1) is 50.5. The lowest BCUT2D eigenvalue weighted by Gasteiger charge is -2.11. The molecule has 14 aromatic carbocycles. The van der Waals surface area contributed by atoms with Crippen LogP contribution in [-0.2, 0) is 0 Å². The molecule has 0 saturated heterocycles. The van der Waals surface area contributed by atoms with E-state index in [0.29, 0.717) is 34.9 Å². The number of aromatic nitrogens is 8. The average Bonchev–Trinajstić information content (AvgIpc) is 1.57. The Labute approximate surface area is 598 Å². The predicted molar refractivity (Wildman–Crippen MR) is 431 cm³/mol. The Morgan fingerprint density at radius 2 is 0.520 bits per heavy atom. The Hall–Kier alpha value is -12.4. The van der Waals surface area contributed by atoms with E-state index in [4.69, 9.17) is 29.9 Å². The van der Waals surface area contributed by atoms with Crippen molar-refractivity contribution in [2.45, 2.75) is 0 Å². The number of rotatable bonds is 9. The normalized spacial score (nSPS) is 12.1. The Morgan fingerprint density at radius 1 is 0.186 bits per heavy atom. The van der Waals surface area contributed by atoms with Gasteiger partial charge in [-0.15, -0.1) is 45.3 Å². The molecule has 102 heavy (non-hydrogen) atoms. The second-order valence-corrected chi connectivity index (χ2v) is 30.2. The minimum Gasteiger partial charge on any atom is -0.308 e. The van der Waals surface area contributed by atoms with Gasteiger partial charge >= 0.3 is 0 Å². The molecule has 0 bridgehead atoms. The molecule has 0 saturated carbocycles. The molecule has 0 aliphatic rings. The maximum absolute atomic E-state index is 5.35. The highest BCUT2D eigenvalue weighted by Crippen LogP contribution is 2.50. The molecule has 474 valence electrons. The highest BCUT2D eigenvalue weighted by Gasteiger charge is 2.24. The standard InChI is InChI=1S/C90H50N8S4/c1-3-18-52(19-4-1)85-91-87(95-89(93-85)57-40-45-76-68(49-57)67-43-42-66-64-29-17-35-75(81(64)102-84(66)83(67)100-76)98-72-32-13-9-26-61(72)62-27-10-14-33-73(62)98)54-38-36-51(37-39-54)55-22-15-23-56(48-55)88-92-86(53-20-5-2-6-21-53)94-90(96-88)58-41-46-77-69(50-58)79-78(99-77)47-44-65-63-28-16-34-74(80(63)101-82(65)79)97-70-30-11-7-24-59(70)60-25-8-12-31-71(60)97/h1-50H. The van der Waals surface area contributed by atoms with E-state index in [1.54, 1.807) is 0 Å². The van der Waals surface area contributed by atoms with Crippen LogP contribution in [0.5, 0.6) is 0 Å². The first-order valence-electron chi connectivity index (χ1n) is 34.0. The molecule has 8 nitrogen and oxygen atoms in total. The van der Waals surface area contributed by atoms with Crippen molar-refractivity contribution in [3.63, 3.8) is 0 Å². The van der Waals surface area contributed by atoms with E-state index in [1.807, 2.05) is 81.7 Å². The summed E-state index contributed by atoms with van der Waals surface area (Å²) in [5.74, 6) is 3.64. The second kappa shape index (κ2) is 22.5. The van der Waals surface area contributed by atoms with Gasteiger partial charge < -0.3 is 9.13 Å². The van der Waals surface area contributed by atoms with Gasteiger partial charge in [0.1, 0.15) is 0 Å². The molecule has 0 radical (unpaired) electrons. The molecular formula is C90H50N8S4. The zero-order valence-electron chi connectivity index (χ0n) is 54.1. The van der Waals surface area contributed by atoms with Crippen LogP contribution in [0.15, 0.2) is 303 Å². The average molecular weight is 1370 g/mol. The van der Waals surface area contributed by atoms with E-state index in [9.17, 15) is 0 Å². The fourth-order valence-electron chi connectivity index (χ4n) is 15.5. The lowest BCUT2D eigenvalue weighted by atomic mass is 10.0. The molecular weight excluding hydrogens is 1320 g/mol. The van der Waals surface area contributed by atoms with Crippen LogP contribution in [0, 0.1) is 0 Å². The van der Waals surface area contributed by atoms with Crippen molar-refractivity contribution in [3.8, 4) is 90.8 Å². The fourth-order valence-corrected chi connectivity index (χ4v) is 20.7. The summed E-state index contributed by atoms with van der Waals surface area (Å²) in [6.07, 6.45) is 0. The summed E-state index contributed by atoms with van der Waals surface area (Å²) in [6.45, 7) is 0. The summed E-state index contributed by atoms with van der Waals surface area (Å²) in [6, 6.07) is 109. The number of benzene rings is 14. The van der Waals surface area contributed by atoms with Gasteiger partial charge in [-0.3, -0.25) is 0 Å². The lowest BCUT2D eigenvalue weighted by Crippen LogP contribution is -2.00. The van der Waals surface area contributed by atoms with E-state index in [-0.39, 0.29) is 0 Å². The monoisotopic (exact) mass is 1370 g/mol. The van der Waals surface area contributed by atoms with Crippen molar-refractivity contribution in [2.75, 3.05) is 0 Å². The Kier molecular flexibility index (Phi) is 12.7. The maximum Gasteiger partial charge on any atom is 0.164 e. The van der Waals surface area contributed by atoms with Crippen LogP contribution in [0.4, 0.5) is 0 Å². The van der Waals surface area contributed by atoms with Gasteiger partial charge in [0.2, 0.25) is 0 Å². The minimum atomic E-state index is 0.593. The van der Waals surface area contributed by atoms with E-state index in [0.717, 1.165) is 44.5 Å². The number of para-hydroxylation sites is 4. The summed E-state index contributed by atoms with van der Waals surface area (Å²) < 4.78 is 15.0. The van der Waals surface area contributed by atoms with Crippen LogP contribution >= 0.6 is 45.3 Å². The smallest absolute Gasteiger partial charge is 0.164 e. The molecule has 22 rings (SSSR count). The van der Waals surface area contributed by atoms with E-state index in [1.165, 1.54) is 136 Å². The molecule has 12 heteroatoms. The zero-order chi connectivity index (χ0) is 66.7. The van der Waals surface area contributed by atoms with Gasteiger partial charge in [0.25, 0.3) is 0 Å². The van der Waals surface area contributed by atoms with Crippen molar-refractivity contribution in [3.05, 3.63) is 303 Å². The van der Waals surface area contributed by atoms with Crippen LogP contribution in [0.2, 0.25) is 0 Å². The summed E-state index contributed by atoms with van der Waals surface area (Å²) in [7, 11) is 0. The molecule has 0 N–H and O–H groups in total. The van der Waals surface area contributed by atoms with Gasteiger partial charge in [-0.05, 0) is 96.1 Å². The van der Waals surface area contributed by atoms with Crippen molar-refractivity contribution >= 4 is 170 Å². The molecule has 0 unspecified atom stereocenters. The summed E-state index contributed by atoms with van der Waals surface area (Å²) >= 11 is 7.48. The Bertz CT molecular complexity index is 7160. The quantitative estimate of drug-likeness (QED) is 0.143. The van der Waals surface area contributed by atoms with Crippen molar-refractivity contribution < 1.29 is 0 Å². The molecule has 0 spiro atoms. The molecule has 0 aliphatic heterocycles. The van der Waals surface area contributed by atoms with Crippen molar-refractivity contribution in [1.29, 1.82) is 0 Å². The highest BCUT2D eigenvalue weighted by molar-refractivity contribution is 7.34. The molecule has 0 atom stereocenters.